The Labute approximate surface area is 76.1 Å². The zero-order valence-corrected chi connectivity index (χ0v) is 7.73. The molecule has 1 aromatic rings. The van der Waals surface area contributed by atoms with Crippen LogP contribution in [0.15, 0.2) is 23.1 Å². The molecule has 64 valence electrons. The summed E-state index contributed by atoms with van der Waals surface area (Å²) in [4.78, 5) is 1.25. The van der Waals surface area contributed by atoms with Gasteiger partial charge in [0, 0.05) is 10.5 Å². The molecule has 1 atom stereocenters. The van der Waals surface area contributed by atoms with Gasteiger partial charge in [0.05, 0.1) is 6.04 Å². The maximum absolute atomic E-state index is 5.84. The Morgan fingerprint density at radius 2 is 2.42 bits per heavy atom. The van der Waals surface area contributed by atoms with Crippen LogP contribution in [0.1, 0.15) is 11.6 Å². The molecule has 1 aliphatic heterocycles. The number of ether oxygens (including phenoxy) is 1. The lowest BCUT2D eigenvalue weighted by molar-refractivity contribution is 0.333. The Balaban J connectivity index is 2.43. The van der Waals surface area contributed by atoms with Gasteiger partial charge in [0.15, 0.2) is 0 Å². The molecule has 1 aliphatic rings. The normalized spacial score (nSPS) is 20.3. The van der Waals surface area contributed by atoms with E-state index in [0.717, 1.165) is 11.3 Å². The first-order valence-electron chi connectivity index (χ1n) is 3.87. The molecule has 0 amide bonds. The highest BCUT2D eigenvalue weighted by Crippen LogP contribution is 2.33. The van der Waals surface area contributed by atoms with E-state index < -0.39 is 0 Å². The summed E-state index contributed by atoms with van der Waals surface area (Å²) in [6.07, 6.45) is 2.06. The van der Waals surface area contributed by atoms with Crippen molar-refractivity contribution < 1.29 is 4.74 Å². The topological polar surface area (TPSA) is 35.2 Å². The lowest BCUT2D eigenvalue weighted by Crippen LogP contribution is -2.10. The van der Waals surface area contributed by atoms with Crippen molar-refractivity contribution in [1.82, 2.24) is 0 Å². The lowest BCUT2D eigenvalue weighted by Gasteiger charge is -2.02. The molecule has 2 N–H and O–H groups in total. The molecule has 2 rings (SSSR count). The second-order valence-electron chi connectivity index (χ2n) is 2.82. The molecular weight excluding hydrogens is 170 g/mol. The van der Waals surface area contributed by atoms with E-state index >= 15 is 0 Å². The van der Waals surface area contributed by atoms with Crippen molar-refractivity contribution in [2.24, 2.45) is 5.73 Å². The fraction of sp³-hybridized carbons (Fsp3) is 0.333. The Kier molecular flexibility index (Phi) is 1.98. The van der Waals surface area contributed by atoms with Gasteiger partial charge in [-0.3, -0.25) is 0 Å². The minimum atomic E-state index is 0.0621. The summed E-state index contributed by atoms with van der Waals surface area (Å²) in [6, 6.07) is 6.22. The molecule has 0 fully saturated rings. The first-order valence-corrected chi connectivity index (χ1v) is 5.10. The van der Waals surface area contributed by atoms with Crippen molar-refractivity contribution in [3.8, 4) is 5.75 Å². The van der Waals surface area contributed by atoms with Gasteiger partial charge < -0.3 is 10.5 Å². The van der Waals surface area contributed by atoms with Crippen molar-refractivity contribution in [3.63, 3.8) is 0 Å². The minimum absolute atomic E-state index is 0.0621. The Morgan fingerprint density at radius 3 is 3.17 bits per heavy atom. The summed E-state index contributed by atoms with van der Waals surface area (Å²) >= 11 is 1.73. The maximum Gasteiger partial charge on any atom is 0.124 e. The maximum atomic E-state index is 5.84. The van der Waals surface area contributed by atoms with Gasteiger partial charge in [-0.05, 0) is 24.5 Å². The van der Waals surface area contributed by atoms with Crippen LogP contribution in [0.4, 0.5) is 0 Å². The van der Waals surface area contributed by atoms with Crippen molar-refractivity contribution in [3.05, 3.63) is 23.8 Å². The molecule has 1 aromatic carbocycles. The number of rotatable bonds is 1. The van der Waals surface area contributed by atoms with Gasteiger partial charge in [-0.2, -0.15) is 0 Å². The summed E-state index contributed by atoms with van der Waals surface area (Å²) in [5.74, 6) is 0.945. The highest BCUT2D eigenvalue weighted by Gasteiger charge is 2.20. The molecule has 0 bridgehead atoms. The van der Waals surface area contributed by atoms with Crippen molar-refractivity contribution in [1.29, 1.82) is 0 Å². The Morgan fingerprint density at radius 1 is 1.58 bits per heavy atom. The van der Waals surface area contributed by atoms with Crippen LogP contribution in [-0.2, 0) is 0 Å². The Hall–Kier alpha value is -0.670. The van der Waals surface area contributed by atoms with Crippen molar-refractivity contribution in [2.45, 2.75) is 10.9 Å². The van der Waals surface area contributed by atoms with Crippen LogP contribution in [0.3, 0.4) is 0 Å². The third-order valence-electron chi connectivity index (χ3n) is 2.03. The molecule has 2 nitrogen and oxygen atoms in total. The van der Waals surface area contributed by atoms with E-state index in [9.17, 15) is 0 Å². The van der Waals surface area contributed by atoms with Crippen molar-refractivity contribution in [2.75, 3.05) is 12.9 Å². The predicted molar refractivity (Wildman–Crippen MR) is 50.6 cm³/mol. The van der Waals surface area contributed by atoms with Crippen LogP contribution in [-0.4, -0.2) is 12.9 Å². The molecule has 0 aromatic heterocycles. The SMILES string of the molecule is CSc1ccc2c(c1)[C@H](N)CO2. The third kappa shape index (κ3) is 1.19. The molecular formula is C9H11NOS. The van der Waals surface area contributed by atoms with E-state index in [1.54, 1.807) is 11.8 Å². The molecule has 0 saturated carbocycles. The summed E-state index contributed by atoms with van der Waals surface area (Å²) in [7, 11) is 0. The van der Waals surface area contributed by atoms with Gasteiger partial charge in [0.2, 0.25) is 0 Å². The molecule has 0 saturated heterocycles. The number of hydrogen-bond acceptors (Lipinski definition) is 3. The zero-order chi connectivity index (χ0) is 8.55. The number of benzene rings is 1. The van der Waals surface area contributed by atoms with E-state index in [1.165, 1.54) is 4.90 Å². The van der Waals surface area contributed by atoms with Crippen LogP contribution >= 0.6 is 11.8 Å². The van der Waals surface area contributed by atoms with Gasteiger partial charge in [0.1, 0.15) is 12.4 Å². The average Bonchev–Trinajstić information content (AvgIpc) is 2.47. The summed E-state index contributed by atoms with van der Waals surface area (Å²) < 4.78 is 5.38. The Bertz CT molecular complexity index is 301. The highest BCUT2D eigenvalue weighted by atomic mass is 32.2. The van der Waals surface area contributed by atoms with Crippen molar-refractivity contribution >= 4 is 11.8 Å². The monoisotopic (exact) mass is 181 g/mol. The van der Waals surface area contributed by atoms with Gasteiger partial charge in [-0.15, -0.1) is 11.8 Å². The third-order valence-corrected chi connectivity index (χ3v) is 2.76. The minimum Gasteiger partial charge on any atom is -0.491 e. The van der Waals surface area contributed by atoms with Gasteiger partial charge in [-0.1, -0.05) is 0 Å². The molecule has 0 unspecified atom stereocenters. The number of hydrogen-bond donors (Lipinski definition) is 1. The standard InChI is InChI=1S/C9H11NOS/c1-12-6-2-3-9-7(4-6)8(10)5-11-9/h2-4,8H,5,10H2,1H3/t8-/m1/s1. The van der Waals surface area contributed by atoms with Gasteiger partial charge in [-0.25, -0.2) is 0 Å². The molecule has 1 heterocycles. The van der Waals surface area contributed by atoms with Gasteiger partial charge in [0.25, 0.3) is 0 Å². The second-order valence-corrected chi connectivity index (χ2v) is 3.70. The van der Waals surface area contributed by atoms with Crippen LogP contribution in [0, 0.1) is 0 Å². The molecule has 0 radical (unpaired) electrons. The quantitative estimate of drug-likeness (QED) is 0.671. The van der Waals surface area contributed by atoms with E-state index in [2.05, 4.69) is 18.4 Å². The molecule has 0 aliphatic carbocycles. The fourth-order valence-electron chi connectivity index (χ4n) is 1.34. The number of nitrogens with two attached hydrogens (primary N) is 1. The number of thioether (sulfide) groups is 1. The molecule has 3 heteroatoms. The summed E-state index contributed by atoms with van der Waals surface area (Å²) in [6.45, 7) is 0.618. The first kappa shape index (κ1) is 7.95. The van der Waals surface area contributed by atoms with E-state index in [4.69, 9.17) is 10.5 Å². The van der Waals surface area contributed by atoms with Crippen LogP contribution in [0.5, 0.6) is 5.75 Å². The summed E-state index contributed by atoms with van der Waals surface area (Å²) in [5, 5.41) is 0. The smallest absolute Gasteiger partial charge is 0.124 e. The van der Waals surface area contributed by atoms with Crippen LogP contribution < -0.4 is 10.5 Å². The van der Waals surface area contributed by atoms with Crippen LogP contribution in [0.25, 0.3) is 0 Å². The molecule has 12 heavy (non-hydrogen) atoms. The highest BCUT2D eigenvalue weighted by molar-refractivity contribution is 7.98. The fourth-order valence-corrected chi connectivity index (χ4v) is 1.79. The summed E-state index contributed by atoms with van der Waals surface area (Å²) in [5.41, 5.74) is 6.98. The average molecular weight is 181 g/mol. The van der Waals surface area contributed by atoms with E-state index in [1.807, 2.05) is 6.07 Å². The largest absolute Gasteiger partial charge is 0.491 e. The second kappa shape index (κ2) is 2.99. The number of fused-ring (bicyclic) bond motifs is 1. The van der Waals surface area contributed by atoms with Gasteiger partial charge >= 0.3 is 0 Å². The van der Waals surface area contributed by atoms with Crippen LogP contribution in [0.2, 0.25) is 0 Å². The molecule has 0 spiro atoms. The van der Waals surface area contributed by atoms with E-state index in [-0.39, 0.29) is 6.04 Å². The zero-order valence-electron chi connectivity index (χ0n) is 6.91. The lowest BCUT2D eigenvalue weighted by atomic mass is 10.1. The predicted octanol–water partition coefficient (Wildman–Crippen LogP) is 1.80. The van der Waals surface area contributed by atoms with E-state index in [0.29, 0.717) is 6.61 Å². The first-order chi connectivity index (χ1) is 5.81.